The van der Waals surface area contributed by atoms with Gasteiger partial charge in [0, 0.05) is 32.1 Å². The molecule has 4 rings (SSSR count). The maximum absolute atomic E-state index is 13.6. The minimum absolute atomic E-state index is 0.0212. The number of anilines is 1. The monoisotopic (exact) mass is 642 g/mol. The molecule has 2 atom stereocenters. The van der Waals surface area contributed by atoms with E-state index in [1.165, 1.54) is 37.9 Å². The molecule has 0 radical (unpaired) electrons. The second-order valence-corrected chi connectivity index (χ2v) is 12.2. The van der Waals surface area contributed by atoms with Gasteiger partial charge in [0.1, 0.15) is 17.6 Å². The Labute approximate surface area is 257 Å². The van der Waals surface area contributed by atoms with E-state index in [2.05, 4.69) is 13.8 Å². The van der Waals surface area contributed by atoms with Gasteiger partial charge in [0.25, 0.3) is 0 Å². The maximum Gasteiger partial charge on any atom is 0.416 e. The number of methoxy groups -OCH3 is 2. The molecule has 0 spiro atoms. The molecule has 2 aliphatic rings. The van der Waals surface area contributed by atoms with Crippen LogP contribution in [0.3, 0.4) is 0 Å². The third-order valence-electron chi connectivity index (χ3n) is 8.52. The minimum Gasteiger partial charge on any atom is -0.496 e. The number of amides is 2. The van der Waals surface area contributed by atoms with Crippen LogP contribution in [0, 0.1) is 5.41 Å². The van der Waals surface area contributed by atoms with Crippen LogP contribution in [0.1, 0.15) is 75.3 Å². The molecule has 1 fully saturated rings. The summed E-state index contributed by atoms with van der Waals surface area (Å²) in [6.07, 6.45) is -10.4. The van der Waals surface area contributed by atoms with Gasteiger partial charge in [0.15, 0.2) is 0 Å². The maximum atomic E-state index is 13.6. The van der Waals surface area contributed by atoms with Crippen molar-refractivity contribution in [1.29, 1.82) is 0 Å². The molecule has 7 nitrogen and oxygen atoms in total. The average molecular weight is 643 g/mol. The first kappa shape index (κ1) is 34.0. The zero-order chi connectivity index (χ0) is 33.6. The van der Waals surface area contributed by atoms with E-state index in [1.54, 1.807) is 19.2 Å². The van der Waals surface area contributed by atoms with Crippen molar-refractivity contribution in [2.45, 2.75) is 71.5 Å². The van der Waals surface area contributed by atoms with Gasteiger partial charge in [-0.1, -0.05) is 13.8 Å². The van der Waals surface area contributed by atoms with E-state index in [1.807, 2.05) is 0 Å². The molecule has 1 heterocycles. The van der Waals surface area contributed by atoms with Crippen molar-refractivity contribution in [1.82, 2.24) is 4.90 Å². The predicted octanol–water partition coefficient (Wildman–Crippen LogP) is 8.27. The van der Waals surface area contributed by atoms with Crippen LogP contribution in [0.5, 0.6) is 11.5 Å². The molecule has 1 saturated heterocycles. The molecule has 0 aromatic heterocycles. The Bertz CT molecular complexity index is 1480. The van der Waals surface area contributed by atoms with Crippen molar-refractivity contribution in [3.8, 4) is 11.5 Å². The van der Waals surface area contributed by atoms with Gasteiger partial charge in [0.2, 0.25) is 5.91 Å². The Balaban J connectivity index is 1.79. The topological polar surface area (TPSA) is 68.3 Å². The van der Waals surface area contributed by atoms with Crippen LogP contribution in [0.25, 0.3) is 5.57 Å². The Morgan fingerprint density at radius 3 is 2.09 bits per heavy atom. The summed E-state index contributed by atoms with van der Waals surface area (Å²) in [5.41, 5.74) is -0.672. The first-order valence-electron chi connectivity index (χ1n) is 14.3. The van der Waals surface area contributed by atoms with Gasteiger partial charge in [-0.05, 0) is 72.6 Å². The summed E-state index contributed by atoms with van der Waals surface area (Å²) < 4.78 is 98.0. The van der Waals surface area contributed by atoms with Gasteiger partial charge in [-0.3, -0.25) is 9.69 Å². The van der Waals surface area contributed by atoms with Crippen molar-refractivity contribution in [3.63, 3.8) is 0 Å². The van der Waals surface area contributed by atoms with E-state index in [4.69, 9.17) is 14.2 Å². The molecule has 246 valence electrons. The first-order valence-corrected chi connectivity index (χ1v) is 14.3. The molecular formula is C32H36F6N2O5. The summed E-state index contributed by atoms with van der Waals surface area (Å²) >= 11 is 0. The van der Waals surface area contributed by atoms with Crippen molar-refractivity contribution in [3.05, 3.63) is 58.2 Å². The number of carbonyl (C=O) groups excluding carboxylic acids is 2. The number of cyclic esters (lactones) is 1. The molecule has 1 aliphatic carbocycles. The number of allylic oxidation sites excluding steroid dienone is 1. The highest BCUT2D eigenvalue weighted by atomic mass is 19.4. The summed E-state index contributed by atoms with van der Waals surface area (Å²) in [5.74, 6) is 0.648. The van der Waals surface area contributed by atoms with Crippen molar-refractivity contribution in [2.24, 2.45) is 5.41 Å². The number of rotatable bonds is 7. The Morgan fingerprint density at radius 2 is 1.58 bits per heavy atom. The van der Waals surface area contributed by atoms with Crippen LogP contribution in [-0.2, 0) is 21.9 Å². The van der Waals surface area contributed by atoms with E-state index in [-0.39, 0.29) is 23.9 Å². The largest absolute Gasteiger partial charge is 0.496 e. The lowest BCUT2D eigenvalue weighted by molar-refractivity contribution is -0.143. The Kier molecular flexibility index (Phi) is 9.16. The molecular weight excluding hydrogens is 606 g/mol. The second kappa shape index (κ2) is 12.1. The zero-order valence-corrected chi connectivity index (χ0v) is 26.1. The highest BCUT2D eigenvalue weighted by Crippen LogP contribution is 2.48. The summed E-state index contributed by atoms with van der Waals surface area (Å²) in [6, 6.07) is 3.79. The molecule has 0 unspecified atom stereocenters. The van der Waals surface area contributed by atoms with Gasteiger partial charge in [-0.2, -0.15) is 26.3 Å². The Morgan fingerprint density at radius 1 is 1.00 bits per heavy atom. The standard InChI is InChI=1S/C32H36F6N2O5/c1-17-28(19-10-21(31(33,34)35)12-22(11-19)32(36,37)38)45-29(42)40(17)16-20-15-30(3,4)9-8-23(20)24-13-25(39(5)18(2)41)27(44-7)14-26(24)43-6/h10-14,17,28H,8-9,15-16H2,1-7H3/t17-,28-/m0/s1. The van der Waals surface area contributed by atoms with E-state index >= 15 is 0 Å². The number of benzene rings is 2. The summed E-state index contributed by atoms with van der Waals surface area (Å²) in [7, 11) is 4.57. The van der Waals surface area contributed by atoms with Gasteiger partial charge in [0.05, 0.1) is 37.1 Å². The molecule has 0 saturated carbocycles. The fourth-order valence-corrected chi connectivity index (χ4v) is 5.95. The fraction of sp³-hybridized carbons (Fsp3) is 0.500. The number of alkyl halides is 6. The van der Waals surface area contributed by atoms with Crippen molar-refractivity contribution in [2.75, 3.05) is 32.7 Å². The number of halogens is 6. The van der Waals surface area contributed by atoms with E-state index < -0.39 is 47.3 Å². The third kappa shape index (κ3) is 7.01. The van der Waals surface area contributed by atoms with Crippen molar-refractivity contribution >= 4 is 23.3 Å². The molecule has 0 N–H and O–H groups in total. The van der Waals surface area contributed by atoms with Crippen LogP contribution in [0.4, 0.5) is 36.8 Å². The lowest BCUT2D eigenvalue weighted by Crippen LogP contribution is -2.35. The molecule has 2 aromatic rings. The molecule has 13 heteroatoms. The summed E-state index contributed by atoms with van der Waals surface area (Å²) in [4.78, 5) is 28.2. The number of hydrogen-bond donors (Lipinski definition) is 0. The molecule has 2 amide bonds. The third-order valence-corrected chi connectivity index (χ3v) is 8.52. The molecule has 2 aromatic carbocycles. The highest BCUT2D eigenvalue weighted by molar-refractivity contribution is 5.94. The Hall–Kier alpha value is -3.90. The fourth-order valence-electron chi connectivity index (χ4n) is 5.95. The van der Waals surface area contributed by atoms with E-state index in [0.29, 0.717) is 47.7 Å². The highest BCUT2D eigenvalue weighted by Gasteiger charge is 2.44. The van der Waals surface area contributed by atoms with Gasteiger partial charge in [-0.25, -0.2) is 4.79 Å². The van der Waals surface area contributed by atoms with Crippen molar-refractivity contribution < 1.29 is 50.1 Å². The van der Waals surface area contributed by atoms with Gasteiger partial charge in [-0.15, -0.1) is 0 Å². The lowest BCUT2D eigenvalue weighted by Gasteiger charge is -2.36. The first-order chi connectivity index (χ1) is 20.8. The number of hydrogen-bond acceptors (Lipinski definition) is 5. The lowest BCUT2D eigenvalue weighted by atomic mass is 9.72. The number of nitrogens with zero attached hydrogens (tertiary/aromatic N) is 2. The second-order valence-electron chi connectivity index (χ2n) is 12.2. The normalized spacial score (nSPS) is 20.3. The number of carbonyl (C=O) groups is 2. The van der Waals surface area contributed by atoms with E-state index in [9.17, 15) is 35.9 Å². The van der Waals surface area contributed by atoms with Gasteiger partial charge >= 0.3 is 18.4 Å². The van der Waals surface area contributed by atoms with Crippen LogP contribution >= 0.6 is 0 Å². The summed E-state index contributed by atoms with van der Waals surface area (Å²) in [6.45, 7) is 7.11. The molecule has 0 bridgehead atoms. The average Bonchev–Trinajstić information content (AvgIpc) is 3.23. The van der Waals surface area contributed by atoms with Gasteiger partial charge < -0.3 is 19.1 Å². The zero-order valence-electron chi connectivity index (χ0n) is 26.1. The van der Waals surface area contributed by atoms with Crippen LogP contribution in [0.15, 0.2) is 35.9 Å². The van der Waals surface area contributed by atoms with Crippen LogP contribution < -0.4 is 14.4 Å². The van der Waals surface area contributed by atoms with Crippen LogP contribution in [-0.4, -0.2) is 50.8 Å². The quantitative estimate of drug-likeness (QED) is 0.285. The van der Waals surface area contributed by atoms with E-state index in [0.717, 1.165) is 17.6 Å². The molecule has 1 aliphatic heterocycles. The summed E-state index contributed by atoms with van der Waals surface area (Å²) in [5, 5.41) is 0. The van der Waals surface area contributed by atoms with Crippen LogP contribution in [0.2, 0.25) is 0 Å². The minimum atomic E-state index is -5.04. The SMILES string of the molecule is COc1cc(OC)c(N(C)C(C)=O)cc1C1=C(CN2C(=O)O[C@H](c3cc(C(F)(F)F)cc(C(F)(F)F)c3)[C@@H]2C)CC(C)(C)CC1. The predicted molar refractivity (Wildman–Crippen MR) is 155 cm³/mol. The smallest absolute Gasteiger partial charge is 0.416 e. The molecule has 45 heavy (non-hydrogen) atoms. The number of ether oxygens (including phenoxy) is 3.